The molecule has 0 bridgehead atoms. The third-order valence-corrected chi connectivity index (χ3v) is 4.19. The van der Waals surface area contributed by atoms with E-state index in [-0.39, 0.29) is 30.7 Å². The van der Waals surface area contributed by atoms with Crippen molar-refractivity contribution >= 4 is 30.7 Å². The number of H-pyrrole nitrogens is 1. The molecule has 3 N–H and O–H groups in total. The first-order valence-corrected chi connectivity index (χ1v) is 7.34. The van der Waals surface area contributed by atoms with Crippen LogP contribution in [0, 0.1) is 0 Å². The Morgan fingerprint density at radius 1 is 1.17 bits per heavy atom. The Labute approximate surface area is 148 Å². The lowest BCUT2D eigenvalue weighted by molar-refractivity contribution is -0.133. The van der Waals surface area contributed by atoms with E-state index in [0.29, 0.717) is 5.92 Å². The monoisotopic (exact) mass is 356 g/mol. The van der Waals surface area contributed by atoms with Gasteiger partial charge in [-0.15, -0.1) is 24.8 Å². The molecular weight excluding hydrogens is 335 g/mol. The molecular formula is C16H22Cl2N4O. The molecule has 1 aromatic heterocycles. The third kappa shape index (κ3) is 4.47. The van der Waals surface area contributed by atoms with Crippen molar-refractivity contribution in [2.24, 2.45) is 5.73 Å². The van der Waals surface area contributed by atoms with E-state index in [1.54, 1.807) is 6.20 Å². The minimum atomic E-state index is -0.560. The third-order valence-electron chi connectivity index (χ3n) is 4.19. The van der Waals surface area contributed by atoms with E-state index in [4.69, 9.17) is 5.73 Å². The number of benzene rings is 1. The molecule has 126 valence electrons. The maximum Gasteiger partial charge on any atom is 0.244 e. The first-order chi connectivity index (χ1) is 10.3. The summed E-state index contributed by atoms with van der Waals surface area (Å²) in [6, 6.07) is 11.0. The van der Waals surface area contributed by atoms with E-state index < -0.39 is 6.04 Å². The van der Waals surface area contributed by atoms with Crippen molar-refractivity contribution in [2.75, 3.05) is 13.1 Å². The van der Waals surface area contributed by atoms with E-state index in [1.165, 1.54) is 0 Å². The van der Waals surface area contributed by atoms with E-state index in [2.05, 4.69) is 10.2 Å². The Balaban J connectivity index is 0.00000132. The summed E-state index contributed by atoms with van der Waals surface area (Å²) in [5, 5.41) is 7.02. The van der Waals surface area contributed by atoms with Gasteiger partial charge < -0.3 is 10.6 Å². The molecule has 23 heavy (non-hydrogen) atoms. The summed E-state index contributed by atoms with van der Waals surface area (Å²) in [5.41, 5.74) is 8.13. The summed E-state index contributed by atoms with van der Waals surface area (Å²) in [7, 11) is 0. The highest BCUT2D eigenvalue weighted by Gasteiger charge is 2.28. The summed E-state index contributed by atoms with van der Waals surface area (Å²) >= 11 is 0. The van der Waals surface area contributed by atoms with Gasteiger partial charge in [0.25, 0.3) is 0 Å². The molecule has 0 radical (unpaired) electrons. The molecule has 1 amide bonds. The molecule has 7 heteroatoms. The van der Waals surface area contributed by atoms with Crippen LogP contribution in [0.15, 0.2) is 42.6 Å². The van der Waals surface area contributed by atoms with Gasteiger partial charge in [-0.3, -0.25) is 9.89 Å². The summed E-state index contributed by atoms with van der Waals surface area (Å²) in [6.07, 6.45) is 3.68. The lowest BCUT2D eigenvalue weighted by Gasteiger charge is -2.33. The first kappa shape index (κ1) is 19.5. The first-order valence-electron chi connectivity index (χ1n) is 7.34. The Morgan fingerprint density at radius 3 is 2.39 bits per heavy atom. The molecule has 1 unspecified atom stereocenters. The molecule has 1 atom stereocenters. The highest BCUT2D eigenvalue weighted by Crippen LogP contribution is 2.27. The van der Waals surface area contributed by atoms with Gasteiger partial charge in [0.1, 0.15) is 6.04 Å². The second kappa shape index (κ2) is 8.91. The van der Waals surface area contributed by atoms with Crippen molar-refractivity contribution in [3.05, 3.63) is 53.9 Å². The van der Waals surface area contributed by atoms with Crippen molar-refractivity contribution in [3.8, 4) is 0 Å². The number of nitrogens with one attached hydrogen (secondary N) is 1. The van der Waals surface area contributed by atoms with Gasteiger partial charge in [0, 0.05) is 30.9 Å². The fourth-order valence-electron chi connectivity index (χ4n) is 2.90. The maximum absolute atomic E-state index is 12.5. The van der Waals surface area contributed by atoms with Crippen molar-refractivity contribution in [1.82, 2.24) is 15.1 Å². The van der Waals surface area contributed by atoms with Crippen LogP contribution in [0.1, 0.15) is 36.1 Å². The van der Waals surface area contributed by atoms with Crippen LogP contribution in [0.25, 0.3) is 0 Å². The topological polar surface area (TPSA) is 75.0 Å². The predicted molar refractivity (Wildman–Crippen MR) is 95.0 cm³/mol. The lowest BCUT2D eigenvalue weighted by Crippen LogP contribution is -2.43. The highest BCUT2D eigenvalue weighted by molar-refractivity contribution is 5.85. The van der Waals surface area contributed by atoms with Gasteiger partial charge in [-0.25, -0.2) is 0 Å². The normalized spacial score (nSPS) is 16.1. The number of rotatable bonds is 3. The molecule has 1 aliphatic rings. The van der Waals surface area contributed by atoms with Crippen LogP contribution in [0.3, 0.4) is 0 Å². The highest BCUT2D eigenvalue weighted by atomic mass is 35.5. The fraction of sp³-hybridized carbons (Fsp3) is 0.375. The Bertz CT molecular complexity index is 583. The minimum Gasteiger partial charge on any atom is -0.341 e. The molecule has 5 nitrogen and oxygen atoms in total. The van der Waals surface area contributed by atoms with Crippen LogP contribution in [0.5, 0.6) is 0 Å². The number of halogens is 2. The Kier molecular flexibility index (Phi) is 7.55. The molecule has 1 saturated heterocycles. The van der Waals surface area contributed by atoms with Crippen molar-refractivity contribution < 1.29 is 4.79 Å². The van der Waals surface area contributed by atoms with Gasteiger partial charge in [-0.2, -0.15) is 5.10 Å². The smallest absolute Gasteiger partial charge is 0.244 e. The number of nitrogens with zero attached hydrogens (tertiary/aromatic N) is 2. The molecule has 2 heterocycles. The molecule has 0 aliphatic carbocycles. The standard InChI is InChI=1S/C16H20N4O.2ClH/c17-15(13-4-2-1-3-5-13)16(21)20-10-7-12(8-11-20)14-6-9-18-19-14;;/h1-6,9,12,15H,7-8,10-11,17H2,(H,18,19);2*1H. The molecule has 2 aromatic rings. The fourth-order valence-corrected chi connectivity index (χ4v) is 2.90. The maximum atomic E-state index is 12.5. The molecule has 0 saturated carbocycles. The van der Waals surface area contributed by atoms with Crippen molar-refractivity contribution in [2.45, 2.75) is 24.8 Å². The van der Waals surface area contributed by atoms with E-state index in [9.17, 15) is 4.79 Å². The second-order valence-corrected chi connectivity index (χ2v) is 5.50. The average molecular weight is 357 g/mol. The van der Waals surface area contributed by atoms with E-state index in [1.807, 2.05) is 41.3 Å². The largest absolute Gasteiger partial charge is 0.341 e. The van der Waals surface area contributed by atoms with E-state index >= 15 is 0 Å². The average Bonchev–Trinajstić information content (AvgIpc) is 3.09. The van der Waals surface area contributed by atoms with Crippen LogP contribution < -0.4 is 5.73 Å². The molecule has 1 aromatic carbocycles. The van der Waals surface area contributed by atoms with Gasteiger partial charge in [0.15, 0.2) is 0 Å². The zero-order chi connectivity index (χ0) is 14.7. The number of carbonyl (C=O) groups excluding carboxylic acids is 1. The van der Waals surface area contributed by atoms with Crippen LogP contribution in [0.4, 0.5) is 0 Å². The molecule has 3 rings (SSSR count). The van der Waals surface area contributed by atoms with E-state index in [0.717, 1.165) is 37.2 Å². The molecule has 1 fully saturated rings. The number of hydrogen-bond donors (Lipinski definition) is 2. The van der Waals surface area contributed by atoms with Crippen LogP contribution in [0.2, 0.25) is 0 Å². The number of hydrogen-bond acceptors (Lipinski definition) is 3. The quantitative estimate of drug-likeness (QED) is 0.887. The summed E-state index contributed by atoms with van der Waals surface area (Å²) in [4.78, 5) is 14.4. The van der Waals surface area contributed by atoms with Gasteiger partial charge in [-0.1, -0.05) is 30.3 Å². The Morgan fingerprint density at radius 2 is 1.83 bits per heavy atom. The summed E-state index contributed by atoms with van der Waals surface area (Å²) in [6.45, 7) is 1.51. The van der Waals surface area contributed by atoms with Crippen molar-refractivity contribution in [1.29, 1.82) is 0 Å². The summed E-state index contributed by atoms with van der Waals surface area (Å²) in [5.74, 6) is 0.480. The van der Waals surface area contributed by atoms with Crippen molar-refractivity contribution in [3.63, 3.8) is 0 Å². The van der Waals surface area contributed by atoms with Gasteiger partial charge in [0.2, 0.25) is 5.91 Å². The molecule has 1 aliphatic heterocycles. The van der Waals surface area contributed by atoms with Gasteiger partial charge in [-0.05, 0) is 24.5 Å². The van der Waals surface area contributed by atoms with Gasteiger partial charge >= 0.3 is 0 Å². The summed E-state index contributed by atoms with van der Waals surface area (Å²) < 4.78 is 0. The van der Waals surface area contributed by atoms with Crippen LogP contribution in [-0.4, -0.2) is 34.1 Å². The van der Waals surface area contributed by atoms with Crippen LogP contribution >= 0.6 is 24.8 Å². The number of nitrogens with two attached hydrogens (primary N) is 1. The number of amides is 1. The SMILES string of the molecule is Cl.Cl.NC(C(=O)N1CCC(c2ccn[nH]2)CC1)c1ccccc1. The second-order valence-electron chi connectivity index (χ2n) is 5.50. The number of aromatic amines is 1. The predicted octanol–water partition coefficient (Wildman–Crippen LogP) is 2.66. The molecule has 0 spiro atoms. The Hall–Kier alpha value is -1.56. The number of piperidine rings is 1. The number of likely N-dealkylation sites (tertiary alicyclic amines) is 1. The minimum absolute atomic E-state index is 0. The number of aromatic nitrogens is 2. The van der Waals surface area contributed by atoms with Gasteiger partial charge in [0.05, 0.1) is 0 Å². The lowest BCUT2D eigenvalue weighted by atomic mass is 9.93. The van der Waals surface area contributed by atoms with Crippen LogP contribution in [-0.2, 0) is 4.79 Å². The number of carbonyl (C=O) groups is 1. The zero-order valence-electron chi connectivity index (χ0n) is 12.7. The zero-order valence-corrected chi connectivity index (χ0v) is 14.4.